The van der Waals surface area contributed by atoms with Crippen molar-refractivity contribution in [2.45, 2.75) is 45.6 Å². The largest absolute Gasteiger partial charge is 0.495 e. The minimum atomic E-state index is -0.503. The number of halogens is 1. The Bertz CT molecular complexity index is 1430. The molecule has 0 fully saturated rings. The SMILES string of the molecule is CCCCCN(C(=O)c1ccc(F)cc1)C(CC)c1nc2ccccc2c(=O)n1-c1ccccc1OC. The number of carbonyl (C=O) groups is 1. The molecule has 0 N–H and O–H groups in total. The summed E-state index contributed by atoms with van der Waals surface area (Å²) in [5.74, 6) is 0.363. The number of nitrogens with zero attached hydrogens (tertiary/aromatic N) is 3. The number of rotatable bonds is 10. The summed E-state index contributed by atoms with van der Waals surface area (Å²) in [7, 11) is 1.56. The highest BCUT2D eigenvalue weighted by atomic mass is 19.1. The summed E-state index contributed by atoms with van der Waals surface area (Å²) < 4.78 is 20.8. The summed E-state index contributed by atoms with van der Waals surface area (Å²) in [6.45, 7) is 4.56. The Kier molecular flexibility index (Phi) is 8.33. The third-order valence-corrected chi connectivity index (χ3v) is 6.54. The highest BCUT2D eigenvalue weighted by molar-refractivity contribution is 5.94. The third kappa shape index (κ3) is 5.40. The van der Waals surface area contributed by atoms with E-state index >= 15 is 0 Å². The second-order valence-corrected chi connectivity index (χ2v) is 8.94. The summed E-state index contributed by atoms with van der Waals surface area (Å²) in [4.78, 5) is 34.4. The van der Waals surface area contributed by atoms with Crippen LogP contribution in [-0.2, 0) is 0 Å². The molecule has 0 spiro atoms. The molecule has 4 rings (SSSR count). The first-order chi connectivity index (χ1) is 18.0. The van der Waals surface area contributed by atoms with Gasteiger partial charge in [0.05, 0.1) is 29.7 Å². The fraction of sp³-hybridized carbons (Fsp3) is 0.300. The van der Waals surface area contributed by atoms with Gasteiger partial charge in [0, 0.05) is 12.1 Å². The monoisotopic (exact) mass is 501 g/mol. The third-order valence-electron chi connectivity index (χ3n) is 6.54. The number of ether oxygens (including phenoxy) is 1. The maximum atomic E-state index is 13.9. The number of para-hydroxylation sites is 3. The molecule has 0 saturated heterocycles. The van der Waals surface area contributed by atoms with Gasteiger partial charge < -0.3 is 9.64 Å². The van der Waals surface area contributed by atoms with Crippen molar-refractivity contribution >= 4 is 16.8 Å². The van der Waals surface area contributed by atoms with Crippen LogP contribution in [0.3, 0.4) is 0 Å². The van der Waals surface area contributed by atoms with Gasteiger partial charge >= 0.3 is 0 Å². The van der Waals surface area contributed by atoms with Crippen LogP contribution in [0.5, 0.6) is 5.75 Å². The lowest BCUT2D eigenvalue weighted by Crippen LogP contribution is -2.39. The van der Waals surface area contributed by atoms with E-state index in [0.717, 1.165) is 19.3 Å². The van der Waals surface area contributed by atoms with Gasteiger partial charge in [0.2, 0.25) is 0 Å². The molecule has 1 atom stereocenters. The number of fused-ring (bicyclic) bond motifs is 1. The Balaban J connectivity index is 1.94. The van der Waals surface area contributed by atoms with Gasteiger partial charge in [0.1, 0.15) is 17.4 Å². The molecule has 0 radical (unpaired) electrons. The van der Waals surface area contributed by atoms with Gasteiger partial charge in [0.25, 0.3) is 11.5 Å². The van der Waals surface area contributed by atoms with Crippen molar-refractivity contribution in [3.05, 3.63) is 100 Å². The van der Waals surface area contributed by atoms with Crippen molar-refractivity contribution in [3.63, 3.8) is 0 Å². The lowest BCUT2D eigenvalue weighted by atomic mass is 10.1. The van der Waals surface area contributed by atoms with Crippen molar-refractivity contribution in [1.29, 1.82) is 0 Å². The van der Waals surface area contributed by atoms with Crippen molar-refractivity contribution in [2.75, 3.05) is 13.7 Å². The summed E-state index contributed by atoms with van der Waals surface area (Å²) in [5.41, 5.74) is 1.29. The van der Waals surface area contributed by atoms with Crippen LogP contribution < -0.4 is 10.3 Å². The smallest absolute Gasteiger partial charge is 0.266 e. The maximum absolute atomic E-state index is 13.9. The molecule has 6 nitrogen and oxygen atoms in total. The Morgan fingerprint density at radius 1 is 1.00 bits per heavy atom. The van der Waals surface area contributed by atoms with Gasteiger partial charge in [-0.2, -0.15) is 0 Å². The van der Waals surface area contributed by atoms with Crippen molar-refractivity contribution < 1.29 is 13.9 Å². The van der Waals surface area contributed by atoms with Crippen LogP contribution in [0.25, 0.3) is 16.6 Å². The molecule has 1 heterocycles. The van der Waals surface area contributed by atoms with E-state index in [1.165, 1.54) is 24.3 Å². The molecular weight excluding hydrogens is 469 g/mol. The Morgan fingerprint density at radius 3 is 2.41 bits per heavy atom. The van der Waals surface area contributed by atoms with E-state index in [-0.39, 0.29) is 11.5 Å². The summed E-state index contributed by atoms with van der Waals surface area (Å²) >= 11 is 0. The fourth-order valence-corrected chi connectivity index (χ4v) is 4.65. The molecule has 0 aliphatic rings. The molecule has 7 heteroatoms. The molecule has 0 bridgehead atoms. The van der Waals surface area contributed by atoms with Crippen LogP contribution in [0.1, 0.15) is 61.8 Å². The number of carbonyl (C=O) groups excluding carboxylic acids is 1. The molecule has 4 aromatic rings. The van der Waals surface area contributed by atoms with E-state index in [1.807, 2.05) is 43.3 Å². The predicted molar refractivity (Wildman–Crippen MR) is 144 cm³/mol. The molecule has 1 aromatic heterocycles. The van der Waals surface area contributed by atoms with Gasteiger partial charge in [-0.05, 0) is 61.4 Å². The van der Waals surface area contributed by atoms with Crippen LogP contribution in [0.15, 0.2) is 77.6 Å². The Morgan fingerprint density at radius 2 is 1.70 bits per heavy atom. The number of unbranched alkanes of at least 4 members (excludes halogenated alkanes) is 2. The lowest BCUT2D eigenvalue weighted by molar-refractivity contribution is 0.0655. The molecule has 1 amide bonds. The van der Waals surface area contributed by atoms with E-state index in [0.29, 0.717) is 46.7 Å². The average molecular weight is 502 g/mol. The predicted octanol–water partition coefficient (Wildman–Crippen LogP) is 6.32. The first-order valence-electron chi connectivity index (χ1n) is 12.7. The molecule has 37 heavy (non-hydrogen) atoms. The molecule has 0 saturated carbocycles. The minimum Gasteiger partial charge on any atom is -0.495 e. The minimum absolute atomic E-state index is 0.225. The molecule has 1 unspecified atom stereocenters. The lowest BCUT2D eigenvalue weighted by Gasteiger charge is -2.33. The maximum Gasteiger partial charge on any atom is 0.266 e. The second kappa shape index (κ2) is 11.8. The van der Waals surface area contributed by atoms with Crippen molar-refractivity contribution in [2.24, 2.45) is 0 Å². The standard InChI is InChI=1S/C30H32FN3O3/c1-4-6-11-20-33(29(35)21-16-18-22(31)19-17-21)25(5-2)28-32-24-13-8-7-12-23(24)30(36)34(28)26-14-9-10-15-27(26)37-3/h7-10,12-19,25H,4-6,11,20H2,1-3H3. The zero-order chi connectivity index (χ0) is 26.4. The molecular formula is C30H32FN3O3. The summed E-state index contributed by atoms with van der Waals surface area (Å²) in [5, 5.41) is 0.481. The number of benzene rings is 3. The number of methoxy groups -OCH3 is 1. The summed E-state index contributed by atoms with van der Waals surface area (Å²) in [6, 6.07) is 19.6. The average Bonchev–Trinajstić information content (AvgIpc) is 2.93. The Hall–Kier alpha value is -4.00. The van der Waals surface area contributed by atoms with Crippen molar-refractivity contribution in [1.82, 2.24) is 14.5 Å². The number of hydrogen-bond donors (Lipinski definition) is 0. The first-order valence-corrected chi connectivity index (χ1v) is 12.7. The van der Waals surface area contributed by atoms with Crippen LogP contribution in [0.4, 0.5) is 4.39 Å². The first kappa shape index (κ1) is 26.1. The number of hydrogen-bond acceptors (Lipinski definition) is 4. The van der Waals surface area contributed by atoms with Crippen molar-refractivity contribution in [3.8, 4) is 11.4 Å². The van der Waals surface area contributed by atoms with Crippen LogP contribution >= 0.6 is 0 Å². The van der Waals surface area contributed by atoms with E-state index in [2.05, 4.69) is 6.92 Å². The normalized spacial score (nSPS) is 11.9. The zero-order valence-electron chi connectivity index (χ0n) is 21.5. The molecule has 0 aliphatic carbocycles. The van der Waals surface area contributed by atoms with Crippen LogP contribution in [0, 0.1) is 5.82 Å². The molecule has 0 aliphatic heterocycles. The number of amides is 1. The zero-order valence-corrected chi connectivity index (χ0v) is 21.5. The van der Waals surface area contributed by atoms with Gasteiger partial charge in [0.15, 0.2) is 0 Å². The quantitative estimate of drug-likeness (QED) is 0.239. The van der Waals surface area contributed by atoms with Crippen LogP contribution in [0.2, 0.25) is 0 Å². The van der Waals surface area contributed by atoms with Gasteiger partial charge in [-0.3, -0.25) is 14.2 Å². The van der Waals surface area contributed by atoms with E-state index in [9.17, 15) is 14.0 Å². The fourth-order valence-electron chi connectivity index (χ4n) is 4.65. The highest BCUT2D eigenvalue weighted by Crippen LogP contribution is 2.30. The van der Waals surface area contributed by atoms with Crippen LogP contribution in [-0.4, -0.2) is 34.0 Å². The van der Waals surface area contributed by atoms with E-state index in [4.69, 9.17) is 9.72 Å². The topological polar surface area (TPSA) is 64.4 Å². The highest BCUT2D eigenvalue weighted by Gasteiger charge is 2.30. The van der Waals surface area contributed by atoms with Gasteiger partial charge in [-0.1, -0.05) is 51.0 Å². The Labute approximate surface area is 216 Å². The second-order valence-electron chi connectivity index (χ2n) is 8.94. The van der Waals surface area contributed by atoms with Gasteiger partial charge in [-0.25, -0.2) is 9.37 Å². The molecule has 192 valence electrons. The number of aromatic nitrogens is 2. The van der Waals surface area contributed by atoms with E-state index < -0.39 is 11.9 Å². The molecule has 3 aromatic carbocycles. The van der Waals surface area contributed by atoms with Gasteiger partial charge in [-0.15, -0.1) is 0 Å². The summed E-state index contributed by atoms with van der Waals surface area (Å²) in [6.07, 6.45) is 3.27. The van der Waals surface area contributed by atoms with E-state index in [1.54, 1.807) is 28.7 Å².